The average molecular weight is 502 g/mol. The number of rotatable bonds is 11. The molecule has 0 aromatic heterocycles. The lowest BCUT2D eigenvalue weighted by Gasteiger charge is -2.40. The number of likely N-dealkylation sites (N-methyl/N-ethyl adjacent to an activating group) is 2. The number of aliphatic carboxylic acids is 1. The Balaban J connectivity index is 3.33. The maximum Gasteiger partial charge on any atom is 0.331 e. The molecule has 7 heteroatoms. The van der Waals surface area contributed by atoms with Crippen LogP contribution in [0.15, 0.2) is 35.9 Å². The predicted octanol–water partition coefficient (Wildman–Crippen LogP) is 4.16. The zero-order valence-corrected chi connectivity index (χ0v) is 24.0. The number of nitrogens with one attached hydrogen (secondary N) is 2. The van der Waals surface area contributed by atoms with Crippen LogP contribution >= 0.6 is 0 Å². The molecule has 0 unspecified atom stereocenters. The molecule has 1 aromatic carbocycles. The van der Waals surface area contributed by atoms with Crippen molar-refractivity contribution in [3.8, 4) is 0 Å². The van der Waals surface area contributed by atoms with Crippen LogP contribution in [0.4, 0.5) is 0 Å². The van der Waals surface area contributed by atoms with Crippen molar-refractivity contribution in [1.29, 1.82) is 0 Å². The highest BCUT2D eigenvalue weighted by molar-refractivity contribution is 5.91. The molecule has 0 bridgehead atoms. The Kier molecular flexibility index (Phi) is 10.9. The number of hydrogen-bond acceptors (Lipinski definition) is 4. The third-order valence-electron chi connectivity index (χ3n) is 6.99. The van der Waals surface area contributed by atoms with Crippen LogP contribution in [0.5, 0.6) is 0 Å². The SMILES string of the molecule is CCc1cccc(C(C)(C)[C@H](NC)C(=O)N[C@H](C(=O)N(C)[C@H](C=C(C)C(=O)O)C(C)C)C(C)(C)C)c1. The van der Waals surface area contributed by atoms with Crippen molar-refractivity contribution in [3.63, 3.8) is 0 Å². The Morgan fingerprint density at radius 1 is 1.08 bits per heavy atom. The molecule has 202 valence electrons. The van der Waals surface area contributed by atoms with Gasteiger partial charge in [-0.15, -0.1) is 0 Å². The molecule has 0 heterocycles. The van der Waals surface area contributed by atoms with Crippen LogP contribution in [-0.4, -0.2) is 60.0 Å². The van der Waals surface area contributed by atoms with Crippen molar-refractivity contribution in [2.45, 2.75) is 92.3 Å². The van der Waals surface area contributed by atoms with E-state index in [0.29, 0.717) is 0 Å². The second-order valence-corrected chi connectivity index (χ2v) is 11.6. The lowest BCUT2D eigenvalue weighted by Crippen LogP contribution is -2.61. The van der Waals surface area contributed by atoms with E-state index in [0.717, 1.165) is 12.0 Å². The van der Waals surface area contributed by atoms with Crippen LogP contribution in [0.2, 0.25) is 0 Å². The van der Waals surface area contributed by atoms with Gasteiger partial charge >= 0.3 is 5.97 Å². The standard InChI is InChI=1S/C29H47N3O4/c1-12-20-14-13-15-21(17-20)29(8,9)23(30-10)25(33)31-24(28(5,6)7)26(34)32(11)22(18(2)3)16-19(4)27(35)36/h13-18,22-24,30H,12H2,1-11H3,(H,31,33)(H,35,36)/t22-,23-,24-/m1/s1. The van der Waals surface area contributed by atoms with Gasteiger partial charge < -0.3 is 20.6 Å². The van der Waals surface area contributed by atoms with Crippen LogP contribution in [-0.2, 0) is 26.2 Å². The van der Waals surface area contributed by atoms with Gasteiger partial charge in [-0.1, -0.05) is 85.7 Å². The highest BCUT2D eigenvalue weighted by atomic mass is 16.4. The molecule has 0 saturated carbocycles. The van der Waals surface area contributed by atoms with E-state index in [2.05, 4.69) is 29.7 Å². The number of carboxylic acid groups (broad SMARTS) is 1. The summed E-state index contributed by atoms with van der Waals surface area (Å²) in [6.45, 7) is 17.3. The summed E-state index contributed by atoms with van der Waals surface area (Å²) < 4.78 is 0. The largest absolute Gasteiger partial charge is 0.478 e. The third kappa shape index (κ3) is 7.66. The lowest BCUT2D eigenvalue weighted by atomic mass is 9.76. The van der Waals surface area contributed by atoms with E-state index >= 15 is 0 Å². The second-order valence-electron chi connectivity index (χ2n) is 11.6. The van der Waals surface area contributed by atoms with E-state index in [1.807, 2.05) is 60.6 Å². The Morgan fingerprint density at radius 2 is 1.67 bits per heavy atom. The first kappa shape index (κ1) is 31.4. The van der Waals surface area contributed by atoms with Gasteiger partial charge in [0.2, 0.25) is 11.8 Å². The first-order chi connectivity index (χ1) is 16.5. The number of amides is 2. The minimum atomic E-state index is -1.02. The lowest BCUT2D eigenvalue weighted by molar-refractivity contribution is -0.141. The van der Waals surface area contributed by atoms with Crippen LogP contribution in [0.1, 0.15) is 73.4 Å². The van der Waals surface area contributed by atoms with Crippen molar-refractivity contribution in [2.75, 3.05) is 14.1 Å². The van der Waals surface area contributed by atoms with Gasteiger partial charge in [-0.05, 0) is 42.9 Å². The summed E-state index contributed by atoms with van der Waals surface area (Å²) in [5, 5.41) is 15.6. The van der Waals surface area contributed by atoms with Gasteiger partial charge in [-0.2, -0.15) is 0 Å². The average Bonchev–Trinajstić information content (AvgIpc) is 2.79. The number of hydrogen-bond donors (Lipinski definition) is 3. The zero-order valence-electron chi connectivity index (χ0n) is 24.0. The summed E-state index contributed by atoms with van der Waals surface area (Å²) in [4.78, 5) is 40.4. The second kappa shape index (κ2) is 12.5. The predicted molar refractivity (Wildman–Crippen MR) is 146 cm³/mol. The first-order valence-electron chi connectivity index (χ1n) is 12.7. The third-order valence-corrected chi connectivity index (χ3v) is 6.99. The maximum atomic E-state index is 13.8. The smallest absolute Gasteiger partial charge is 0.331 e. The Labute approximate surface area is 217 Å². The summed E-state index contributed by atoms with van der Waals surface area (Å²) in [7, 11) is 3.42. The molecule has 0 aliphatic rings. The summed E-state index contributed by atoms with van der Waals surface area (Å²) in [5.74, 6) is -1.55. The molecule has 1 aromatic rings. The van der Waals surface area contributed by atoms with Crippen LogP contribution < -0.4 is 10.6 Å². The molecule has 0 fully saturated rings. The molecule has 1 rings (SSSR count). The van der Waals surface area contributed by atoms with Gasteiger partial charge in [0.05, 0.1) is 12.1 Å². The fraction of sp³-hybridized carbons (Fsp3) is 0.621. The minimum absolute atomic E-state index is 0.0144. The van der Waals surface area contributed by atoms with Crippen molar-refractivity contribution in [1.82, 2.24) is 15.5 Å². The van der Waals surface area contributed by atoms with Crippen molar-refractivity contribution in [2.24, 2.45) is 11.3 Å². The molecule has 36 heavy (non-hydrogen) atoms. The van der Waals surface area contributed by atoms with E-state index in [1.165, 1.54) is 12.5 Å². The number of nitrogens with zero attached hydrogens (tertiary/aromatic N) is 1. The molecule has 0 spiro atoms. The number of benzene rings is 1. The maximum absolute atomic E-state index is 13.8. The number of carboxylic acids is 1. The molecule has 7 nitrogen and oxygen atoms in total. The highest BCUT2D eigenvalue weighted by Crippen LogP contribution is 2.30. The fourth-order valence-corrected chi connectivity index (χ4v) is 4.48. The molecule has 0 radical (unpaired) electrons. The van der Waals surface area contributed by atoms with Gasteiger partial charge in [0.25, 0.3) is 0 Å². The summed E-state index contributed by atoms with van der Waals surface area (Å²) >= 11 is 0. The Bertz CT molecular complexity index is 960. The Hall–Kier alpha value is -2.67. The number of carbonyl (C=O) groups is 3. The van der Waals surface area contributed by atoms with Gasteiger partial charge in [0.1, 0.15) is 6.04 Å². The molecule has 0 aliphatic heterocycles. The molecular weight excluding hydrogens is 454 g/mol. The van der Waals surface area contributed by atoms with E-state index in [4.69, 9.17) is 0 Å². The van der Waals surface area contributed by atoms with Crippen molar-refractivity contribution < 1.29 is 19.5 Å². The molecule has 2 amide bonds. The quantitative estimate of drug-likeness (QED) is 0.396. The molecule has 0 saturated heterocycles. The zero-order chi connectivity index (χ0) is 28.0. The molecule has 3 N–H and O–H groups in total. The van der Waals surface area contributed by atoms with E-state index in [1.54, 1.807) is 25.1 Å². The fourth-order valence-electron chi connectivity index (χ4n) is 4.48. The summed E-state index contributed by atoms with van der Waals surface area (Å²) in [6, 6.07) is 6.43. The summed E-state index contributed by atoms with van der Waals surface area (Å²) in [5.41, 5.74) is 1.31. The van der Waals surface area contributed by atoms with Gasteiger partial charge in [-0.25, -0.2) is 4.79 Å². The monoisotopic (exact) mass is 501 g/mol. The van der Waals surface area contributed by atoms with Crippen molar-refractivity contribution >= 4 is 17.8 Å². The van der Waals surface area contributed by atoms with Crippen molar-refractivity contribution in [3.05, 3.63) is 47.0 Å². The molecular formula is C29H47N3O4. The van der Waals surface area contributed by atoms with Crippen LogP contribution in [0.3, 0.4) is 0 Å². The molecule has 3 atom stereocenters. The molecule has 0 aliphatic carbocycles. The van der Waals surface area contributed by atoms with Gasteiger partial charge in [-0.3, -0.25) is 9.59 Å². The van der Waals surface area contributed by atoms with E-state index in [-0.39, 0.29) is 23.3 Å². The Morgan fingerprint density at radius 3 is 2.11 bits per heavy atom. The minimum Gasteiger partial charge on any atom is -0.478 e. The topological polar surface area (TPSA) is 98.7 Å². The number of aryl methyl sites for hydroxylation is 1. The normalized spacial score (nSPS) is 15.3. The first-order valence-corrected chi connectivity index (χ1v) is 12.7. The van der Waals surface area contributed by atoms with Crippen LogP contribution in [0.25, 0.3) is 0 Å². The highest BCUT2D eigenvalue weighted by Gasteiger charge is 2.41. The van der Waals surface area contributed by atoms with E-state index in [9.17, 15) is 19.5 Å². The van der Waals surface area contributed by atoms with Gasteiger partial charge in [0.15, 0.2) is 0 Å². The van der Waals surface area contributed by atoms with Crippen LogP contribution in [0, 0.1) is 11.3 Å². The van der Waals surface area contributed by atoms with Gasteiger partial charge in [0, 0.05) is 18.0 Å². The number of carbonyl (C=O) groups excluding carboxylic acids is 2. The van der Waals surface area contributed by atoms with E-state index < -0.39 is 34.9 Å². The summed E-state index contributed by atoms with van der Waals surface area (Å²) in [6.07, 6.45) is 2.51.